The minimum Gasteiger partial charge on any atom is -0.399 e. The highest BCUT2D eigenvalue weighted by atomic mass is 16.2. The minimum atomic E-state index is -0.203. The molecule has 0 spiro atoms. The van der Waals surface area contributed by atoms with Crippen LogP contribution in [-0.2, 0) is 11.3 Å². The van der Waals surface area contributed by atoms with Crippen LogP contribution in [0.25, 0.3) is 0 Å². The first-order valence-electron chi connectivity index (χ1n) is 6.24. The lowest BCUT2D eigenvalue weighted by Gasteiger charge is -2.06. The van der Waals surface area contributed by atoms with E-state index in [1.165, 1.54) is 10.7 Å². The Kier molecular flexibility index (Phi) is 4.14. The normalized spacial score (nSPS) is 10.2. The van der Waals surface area contributed by atoms with E-state index >= 15 is 0 Å². The van der Waals surface area contributed by atoms with Gasteiger partial charge in [-0.2, -0.15) is 5.10 Å². The summed E-state index contributed by atoms with van der Waals surface area (Å²) in [4.78, 5) is 23.4. The van der Waals surface area contributed by atoms with Crippen molar-refractivity contribution in [2.75, 3.05) is 11.1 Å². The van der Waals surface area contributed by atoms with E-state index < -0.39 is 0 Å². The highest BCUT2D eigenvalue weighted by Gasteiger charge is 2.04. The second kappa shape index (κ2) is 6.01. The third-order valence-corrected chi connectivity index (χ3v) is 2.75. The Morgan fingerprint density at radius 1 is 1.35 bits per heavy atom. The number of nitrogens with two attached hydrogens (primary N) is 1. The molecule has 0 bridgehead atoms. The second-order valence-electron chi connectivity index (χ2n) is 4.51. The number of aryl methyl sites for hydroxylation is 2. The largest absolute Gasteiger partial charge is 0.399 e. The van der Waals surface area contributed by atoms with Gasteiger partial charge in [0.2, 0.25) is 5.91 Å². The van der Waals surface area contributed by atoms with Crippen molar-refractivity contribution in [3.05, 3.63) is 52.4 Å². The van der Waals surface area contributed by atoms with Gasteiger partial charge >= 0.3 is 0 Å². The summed E-state index contributed by atoms with van der Waals surface area (Å²) in [6.07, 6.45) is 1.78. The van der Waals surface area contributed by atoms with E-state index in [0.29, 0.717) is 11.4 Å². The summed E-state index contributed by atoms with van der Waals surface area (Å²) in [6, 6.07) is 8.36. The molecule has 6 heteroatoms. The Morgan fingerprint density at radius 3 is 2.70 bits per heavy atom. The number of nitrogen functional groups attached to an aromatic ring is 1. The van der Waals surface area contributed by atoms with Gasteiger partial charge in [0.1, 0.15) is 0 Å². The number of hydrogen-bond acceptors (Lipinski definition) is 4. The molecule has 1 heterocycles. The van der Waals surface area contributed by atoms with Crippen molar-refractivity contribution in [2.24, 2.45) is 0 Å². The molecule has 6 nitrogen and oxygen atoms in total. The molecule has 1 aromatic carbocycles. The molecule has 0 radical (unpaired) electrons. The quantitative estimate of drug-likeness (QED) is 0.817. The highest BCUT2D eigenvalue weighted by Crippen LogP contribution is 2.10. The van der Waals surface area contributed by atoms with Gasteiger partial charge in [0.25, 0.3) is 5.56 Å². The van der Waals surface area contributed by atoms with Gasteiger partial charge in [0.05, 0.1) is 12.7 Å². The molecular weight excluding hydrogens is 256 g/mol. The first-order valence-corrected chi connectivity index (χ1v) is 6.24. The summed E-state index contributed by atoms with van der Waals surface area (Å²) < 4.78 is 1.27. The smallest absolute Gasteiger partial charge is 0.266 e. The van der Waals surface area contributed by atoms with Crippen LogP contribution in [0.3, 0.4) is 0 Å². The monoisotopic (exact) mass is 272 g/mol. The number of benzene rings is 1. The summed E-state index contributed by atoms with van der Waals surface area (Å²) >= 11 is 0. The van der Waals surface area contributed by atoms with Gasteiger partial charge in [-0.3, -0.25) is 9.59 Å². The molecule has 1 amide bonds. The molecule has 0 unspecified atom stereocenters. The lowest BCUT2D eigenvalue weighted by molar-refractivity contribution is -0.116. The molecule has 0 aliphatic carbocycles. The summed E-state index contributed by atoms with van der Waals surface area (Å²) in [6.45, 7) is 2.05. The fourth-order valence-corrected chi connectivity index (χ4v) is 1.69. The van der Waals surface area contributed by atoms with Crippen LogP contribution in [-0.4, -0.2) is 15.7 Å². The molecule has 0 aliphatic heterocycles. The number of carbonyl (C=O) groups is 1. The van der Waals surface area contributed by atoms with Crippen LogP contribution in [0.5, 0.6) is 0 Å². The standard InChI is InChI=1S/C14H16N4O2/c1-10-8-14(20)18(16-9-10)7-6-13(19)17-12-4-2-11(15)3-5-12/h2-5,8-9H,6-7,15H2,1H3,(H,17,19). The fraction of sp³-hybridized carbons (Fsp3) is 0.214. The van der Waals surface area contributed by atoms with E-state index in [4.69, 9.17) is 5.73 Å². The SMILES string of the molecule is Cc1cnn(CCC(=O)Nc2ccc(N)cc2)c(=O)c1. The number of aromatic nitrogens is 2. The third-order valence-electron chi connectivity index (χ3n) is 2.75. The van der Waals surface area contributed by atoms with Crippen molar-refractivity contribution < 1.29 is 4.79 Å². The van der Waals surface area contributed by atoms with Crippen LogP contribution in [0.15, 0.2) is 41.3 Å². The Morgan fingerprint density at radius 2 is 2.05 bits per heavy atom. The molecule has 20 heavy (non-hydrogen) atoms. The maximum Gasteiger partial charge on any atom is 0.266 e. The number of rotatable bonds is 4. The highest BCUT2D eigenvalue weighted by molar-refractivity contribution is 5.90. The lowest BCUT2D eigenvalue weighted by atomic mass is 10.3. The molecular formula is C14H16N4O2. The van der Waals surface area contributed by atoms with Gasteiger partial charge in [-0.15, -0.1) is 0 Å². The van der Waals surface area contributed by atoms with E-state index in [1.807, 2.05) is 0 Å². The third kappa shape index (κ3) is 3.68. The van der Waals surface area contributed by atoms with Crippen LogP contribution in [0, 0.1) is 6.92 Å². The second-order valence-corrected chi connectivity index (χ2v) is 4.51. The average molecular weight is 272 g/mol. The zero-order chi connectivity index (χ0) is 14.5. The Hall–Kier alpha value is -2.63. The topological polar surface area (TPSA) is 90.0 Å². The van der Waals surface area contributed by atoms with E-state index in [9.17, 15) is 9.59 Å². The van der Waals surface area contributed by atoms with Crippen molar-refractivity contribution in [3.63, 3.8) is 0 Å². The van der Waals surface area contributed by atoms with Crippen molar-refractivity contribution in [3.8, 4) is 0 Å². The molecule has 104 valence electrons. The number of anilines is 2. The maximum atomic E-state index is 11.8. The minimum absolute atomic E-state index is 0.177. The maximum absolute atomic E-state index is 11.8. The zero-order valence-corrected chi connectivity index (χ0v) is 11.2. The van der Waals surface area contributed by atoms with E-state index in [2.05, 4.69) is 10.4 Å². The summed E-state index contributed by atoms with van der Waals surface area (Å²) in [5, 5.41) is 6.71. The molecule has 3 N–H and O–H groups in total. The molecule has 0 saturated carbocycles. The Balaban J connectivity index is 1.92. The van der Waals surface area contributed by atoms with Gasteiger partial charge in [-0.25, -0.2) is 4.68 Å². The van der Waals surface area contributed by atoms with E-state index in [-0.39, 0.29) is 24.4 Å². The van der Waals surface area contributed by atoms with E-state index in [1.54, 1.807) is 37.4 Å². The van der Waals surface area contributed by atoms with E-state index in [0.717, 1.165) is 5.56 Å². The molecule has 0 aliphatic rings. The fourth-order valence-electron chi connectivity index (χ4n) is 1.69. The number of nitrogens with one attached hydrogen (secondary N) is 1. The zero-order valence-electron chi connectivity index (χ0n) is 11.2. The molecule has 2 aromatic rings. The number of hydrogen-bond donors (Lipinski definition) is 2. The summed E-state index contributed by atoms with van der Waals surface area (Å²) in [5.41, 5.74) is 7.47. The number of amides is 1. The van der Waals surface area contributed by atoms with Crippen LogP contribution in [0.1, 0.15) is 12.0 Å². The van der Waals surface area contributed by atoms with Crippen molar-refractivity contribution in [1.82, 2.24) is 9.78 Å². The number of carbonyl (C=O) groups excluding carboxylic acids is 1. The first-order chi connectivity index (χ1) is 9.54. The van der Waals surface area contributed by atoms with Crippen molar-refractivity contribution in [1.29, 1.82) is 0 Å². The average Bonchev–Trinajstić information content (AvgIpc) is 2.40. The molecule has 0 fully saturated rings. The van der Waals surface area contributed by atoms with Crippen LogP contribution in [0.4, 0.5) is 11.4 Å². The lowest BCUT2D eigenvalue weighted by Crippen LogP contribution is -2.25. The molecule has 0 atom stereocenters. The summed E-state index contributed by atoms with van der Waals surface area (Å²) in [5.74, 6) is -0.177. The van der Waals surface area contributed by atoms with Crippen LogP contribution >= 0.6 is 0 Å². The van der Waals surface area contributed by atoms with Crippen molar-refractivity contribution in [2.45, 2.75) is 19.9 Å². The first kappa shape index (κ1) is 13.8. The van der Waals surface area contributed by atoms with Crippen LogP contribution in [0.2, 0.25) is 0 Å². The van der Waals surface area contributed by atoms with Gasteiger partial charge in [-0.1, -0.05) is 0 Å². The molecule has 2 rings (SSSR count). The number of nitrogens with zero attached hydrogens (tertiary/aromatic N) is 2. The van der Waals surface area contributed by atoms with Gasteiger partial charge in [0.15, 0.2) is 0 Å². The van der Waals surface area contributed by atoms with Gasteiger partial charge in [0, 0.05) is 23.9 Å². The van der Waals surface area contributed by atoms with Crippen LogP contribution < -0.4 is 16.6 Å². The Bertz CT molecular complexity index is 662. The predicted octanol–water partition coefficient (Wildman–Crippen LogP) is 1.16. The molecule has 0 saturated heterocycles. The van der Waals surface area contributed by atoms with Crippen molar-refractivity contribution >= 4 is 17.3 Å². The predicted molar refractivity (Wildman–Crippen MR) is 77.3 cm³/mol. The van der Waals surface area contributed by atoms with Gasteiger partial charge in [-0.05, 0) is 36.8 Å². The van der Waals surface area contributed by atoms with Gasteiger partial charge < -0.3 is 11.1 Å². The molecule has 1 aromatic heterocycles. The Labute approximate surface area is 116 Å². The summed E-state index contributed by atoms with van der Waals surface area (Å²) in [7, 11) is 0.